The van der Waals surface area contributed by atoms with Crippen molar-refractivity contribution in [2.45, 2.75) is 58.2 Å². The highest BCUT2D eigenvalue weighted by atomic mass is 35.5. The Morgan fingerprint density at radius 2 is 1.94 bits per heavy atom. The van der Waals surface area contributed by atoms with E-state index in [0.717, 1.165) is 17.8 Å². The first kappa shape index (κ1) is 22.7. The van der Waals surface area contributed by atoms with E-state index >= 15 is 0 Å². The van der Waals surface area contributed by atoms with Gasteiger partial charge >= 0.3 is 5.97 Å². The van der Waals surface area contributed by atoms with Gasteiger partial charge in [-0.05, 0) is 58.2 Å². The molecule has 0 saturated carbocycles. The number of ether oxygens (including phenoxy) is 1. The Bertz CT molecular complexity index is 1100. The number of allylic oxidation sites excluding steroid dienone is 1. The predicted molar refractivity (Wildman–Crippen MR) is 124 cm³/mol. The molecule has 2 atom stereocenters. The Balaban J connectivity index is 1.73. The van der Waals surface area contributed by atoms with Crippen LogP contribution >= 0.6 is 23.2 Å². The van der Waals surface area contributed by atoms with Crippen molar-refractivity contribution < 1.29 is 14.3 Å². The number of anilines is 1. The fourth-order valence-electron chi connectivity index (χ4n) is 4.25. The second kappa shape index (κ2) is 8.45. The van der Waals surface area contributed by atoms with Gasteiger partial charge in [-0.1, -0.05) is 29.3 Å². The third kappa shape index (κ3) is 4.24. The van der Waals surface area contributed by atoms with Gasteiger partial charge in [0.25, 0.3) is 5.91 Å². The van der Waals surface area contributed by atoms with E-state index in [4.69, 9.17) is 27.9 Å². The van der Waals surface area contributed by atoms with Crippen LogP contribution in [-0.2, 0) is 14.3 Å². The fraction of sp³-hybridized carbons (Fsp3) is 0.435. The summed E-state index contributed by atoms with van der Waals surface area (Å²) >= 11 is 12.4. The monoisotopic (exact) mass is 476 g/mol. The van der Waals surface area contributed by atoms with Crippen LogP contribution in [0.5, 0.6) is 0 Å². The van der Waals surface area contributed by atoms with Crippen LogP contribution in [0.15, 0.2) is 41.7 Å². The normalized spacial score (nSPS) is 20.8. The molecule has 1 aromatic carbocycles. The van der Waals surface area contributed by atoms with Crippen molar-refractivity contribution in [3.63, 3.8) is 0 Å². The van der Waals surface area contributed by atoms with Crippen molar-refractivity contribution in [3.05, 3.63) is 57.3 Å². The molecule has 1 fully saturated rings. The molecule has 0 bridgehead atoms. The molecule has 2 aromatic rings. The molecule has 7 nitrogen and oxygen atoms in total. The number of hydrogen-bond acceptors (Lipinski definition) is 5. The molecule has 1 amide bonds. The van der Waals surface area contributed by atoms with Crippen LogP contribution in [0, 0.1) is 0 Å². The first-order chi connectivity index (χ1) is 15.1. The van der Waals surface area contributed by atoms with Gasteiger partial charge in [-0.2, -0.15) is 5.10 Å². The fourth-order valence-corrected chi connectivity index (χ4v) is 4.56. The van der Waals surface area contributed by atoms with Crippen molar-refractivity contribution >= 4 is 40.9 Å². The molecule has 2 aliphatic rings. The number of aromatic nitrogens is 2. The number of nitrogens with one attached hydrogen (secondary N) is 1. The van der Waals surface area contributed by atoms with Gasteiger partial charge in [0.05, 0.1) is 21.8 Å². The van der Waals surface area contributed by atoms with Gasteiger partial charge in [-0.15, -0.1) is 0 Å². The van der Waals surface area contributed by atoms with Gasteiger partial charge in [0.1, 0.15) is 23.5 Å². The third-order valence-corrected chi connectivity index (χ3v) is 6.33. The van der Waals surface area contributed by atoms with E-state index in [1.807, 2.05) is 39.8 Å². The first-order valence-corrected chi connectivity index (χ1v) is 11.3. The van der Waals surface area contributed by atoms with Crippen molar-refractivity contribution in [3.8, 4) is 0 Å². The lowest BCUT2D eigenvalue weighted by molar-refractivity contribution is -0.162. The highest BCUT2D eigenvalue weighted by molar-refractivity contribution is 6.42. The van der Waals surface area contributed by atoms with E-state index in [0.29, 0.717) is 34.3 Å². The van der Waals surface area contributed by atoms with E-state index in [2.05, 4.69) is 10.4 Å². The number of halogens is 2. The third-order valence-electron chi connectivity index (χ3n) is 5.59. The number of fused-ring (bicyclic) bond motifs is 1. The van der Waals surface area contributed by atoms with Crippen LogP contribution in [0.2, 0.25) is 10.0 Å². The number of carbonyl (C=O) groups is 2. The van der Waals surface area contributed by atoms with E-state index in [-0.39, 0.29) is 11.9 Å². The molecule has 170 valence electrons. The maximum atomic E-state index is 13.9. The lowest BCUT2D eigenvalue weighted by atomic mass is 9.94. The summed E-state index contributed by atoms with van der Waals surface area (Å²) in [6.45, 7) is 7.81. The molecular formula is C23H26Cl2N4O3. The topological polar surface area (TPSA) is 76.5 Å². The van der Waals surface area contributed by atoms with Gasteiger partial charge in [-0.3, -0.25) is 4.79 Å². The van der Waals surface area contributed by atoms with E-state index in [9.17, 15) is 9.59 Å². The molecule has 1 saturated heterocycles. The number of likely N-dealkylation sites (tertiary alicyclic amines) is 1. The molecule has 0 radical (unpaired) electrons. The van der Waals surface area contributed by atoms with Crippen molar-refractivity contribution in [2.24, 2.45) is 0 Å². The Labute approximate surface area is 197 Å². The average molecular weight is 477 g/mol. The second-order valence-electron chi connectivity index (χ2n) is 9.09. The average Bonchev–Trinajstić information content (AvgIpc) is 3.36. The van der Waals surface area contributed by atoms with Gasteiger partial charge in [0, 0.05) is 18.3 Å². The summed E-state index contributed by atoms with van der Waals surface area (Å²) in [5.41, 5.74) is 1.37. The predicted octanol–water partition coefficient (Wildman–Crippen LogP) is 4.81. The standard InChI is InChI=1S/C23H26Cl2N4O3/c1-13-19(21(30)28-11-5-6-17(28)22(31)32-23(2,3)4)20(29-18(27-13)9-10-26-29)14-7-8-15(24)16(25)12-14/h7-10,12,17,20,27H,5-6,11H2,1-4H3/t17-,20?/m0/s1. The maximum Gasteiger partial charge on any atom is 0.329 e. The SMILES string of the molecule is CC1=C(C(=O)N2CCC[C@H]2C(=O)OC(C)(C)C)C(c2ccc(Cl)c(Cl)c2)n2nccc2N1. The number of esters is 1. The van der Waals surface area contributed by atoms with Crippen molar-refractivity contribution in [1.82, 2.24) is 14.7 Å². The Hall–Kier alpha value is -2.51. The summed E-state index contributed by atoms with van der Waals surface area (Å²) in [6.07, 6.45) is 2.98. The maximum absolute atomic E-state index is 13.9. The van der Waals surface area contributed by atoms with Gasteiger partial charge in [0.2, 0.25) is 0 Å². The Kier molecular flexibility index (Phi) is 5.98. The molecule has 1 N–H and O–H groups in total. The van der Waals surface area contributed by atoms with E-state index < -0.39 is 17.7 Å². The minimum atomic E-state index is -0.622. The smallest absolute Gasteiger partial charge is 0.329 e. The van der Waals surface area contributed by atoms with Crippen LogP contribution in [0.3, 0.4) is 0 Å². The van der Waals surface area contributed by atoms with Crippen LogP contribution in [-0.4, -0.2) is 44.7 Å². The number of nitrogens with zero attached hydrogens (tertiary/aromatic N) is 3. The van der Waals surface area contributed by atoms with Gasteiger partial charge < -0.3 is 15.0 Å². The molecule has 4 rings (SSSR count). The number of hydrogen-bond donors (Lipinski definition) is 1. The molecule has 32 heavy (non-hydrogen) atoms. The zero-order valence-electron chi connectivity index (χ0n) is 18.5. The number of amides is 1. The minimum absolute atomic E-state index is 0.222. The summed E-state index contributed by atoms with van der Waals surface area (Å²) in [6, 6.07) is 6.02. The lowest BCUT2D eigenvalue weighted by Crippen LogP contribution is -2.46. The number of carbonyl (C=O) groups excluding carboxylic acids is 2. The summed E-state index contributed by atoms with van der Waals surface area (Å²) in [5.74, 6) is 0.164. The number of rotatable bonds is 3. The first-order valence-electron chi connectivity index (χ1n) is 10.6. The van der Waals surface area contributed by atoms with Gasteiger partial charge in [-0.25, -0.2) is 9.48 Å². The van der Waals surface area contributed by atoms with Crippen molar-refractivity contribution in [2.75, 3.05) is 11.9 Å². The Morgan fingerprint density at radius 3 is 2.62 bits per heavy atom. The molecule has 0 spiro atoms. The quantitative estimate of drug-likeness (QED) is 0.643. The van der Waals surface area contributed by atoms with Crippen molar-refractivity contribution in [1.29, 1.82) is 0 Å². The molecule has 0 aliphatic carbocycles. The molecule has 3 heterocycles. The number of benzene rings is 1. The van der Waals surface area contributed by atoms with E-state index in [1.54, 1.807) is 27.9 Å². The molecule has 2 aliphatic heterocycles. The van der Waals surface area contributed by atoms with Gasteiger partial charge in [0.15, 0.2) is 0 Å². The van der Waals surface area contributed by atoms with Crippen LogP contribution < -0.4 is 5.32 Å². The minimum Gasteiger partial charge on any atom is -0.458 e. The summed E-state index contributed by atoms with van der Waals surface area (Å²) in [7, 11) is 0. The Morgan fingerprint density at radius 1 is 1.19 bits per heavy atom. The highest BCUT2D eigenvalue weighted by Crippen LogP contribution is 2.39. The highest BCUT2D eigenvalue weighted by Gasteiger charge is 2.42. The van der Waals surface area contributed by atoms with Crippen LogP contribution in [0.4, 0.5) is 5.82 Å². The molecule has 1 aromatic heterocycles. The zero-order chi connectivity index (χ0) is 23.2. The van der Waals surface area contributed by atoms with E-state index in [1.165, 1.54) is 0 Å². The summed E-state index contributed by atoms with van der Waals surface area (Å²) < 4.78 is 7.33. The molecular weight excluding hydrogens is 451 g/mol. The van der Waals surface area contributed by atoms with Crippen LogP contribution in [0.25, 0.3) is 0 Å². The summed E-state index contributed by atoms with van der Waals surface area (Å²) in [5, 5.41) is 8.53. The van der Waals surface area contributed by atoms with Crippen LogP contribution in [0.1, 0.15) is 52.1 Å². The largest absolute Gasteiger partial charge is 0.458 e. The lowest BCUT2D eigenvalue weighted by Gasteiger charge is -2.34. The molecule has 9 heteroatoms. The zero-order valence-corrected chi connectivity index (χ0v) is 20.0. The second-order valence-corrected chi connectivity index (χ2v) is 9.91. The summed E-state index contributed by atoms with van der Waals surface area (Å²) in [4.78, 5) is 28.3. The molecule has 1 unspecified atom stereocenters.